The highest BCUT2D eigenvalue weighted by atomic mass is 35.5. The number of hydrogen-bond donors (Lipinski definition) is 2. The van der Waals surface area contributed by atoms with Crippen molar-refractivity contribution < 1.29 is 4.79 Å². The van der Waals surface area contributed by atoms with E-state index in [-0.39, 0.29) is 18.3 Å². The van der Waals surface area contributed by atoms with Crippen molar-refractivity contribution in [2.24, 2.45) is 5.73 Å². The van der Waals surface area contributed by atoms with Crippen molar-refractivity contribution in [3.8, 4) is 0 Å². The Morgan fingerprint density at radius 1 is 1.35 bits per heavy atom. The maximum Gasteiger partial charge on any atom is 0.221 e. The molecule has 1 atom stereocenters. The highest BCUT2D eigenvalue weighted by molar-refractivity contribution is 5.85. The first-order valence-corrected chi connectivity index (χ1v) is 8.37. The molecule has 0 saturated carbocycles. The maximum atomic E-state index is 11.6. The molecule has 1 fully saturated rings. The van der Waals surface area contributed by atoms with Gasteiger partial charge in [0.2, 0.25) is 5.91 Å². The summed E-state index contributed by atoms with van der Waals surface area (Å²) in [6.45, 7) is 7.57. The summed E-state index contributed by atoms with van der Waals surface area (Å²) in [7, 11) is 0. The number of nitrogens with two attached hydrogens (primary N) is 1. The molecule has 1 aromatic carbocycles. The number of rotatable bonds is 6. The minimum atomic E-state index is 0. The first-order chi connectivity index (χ1) is 10.6. The number of benzene rings is 1. The zero-order valence-electron chi connectivity index (χ0n) is 14.3. The Bertz CT molecular complexity index is 507. The number of carbonyl (C=O) groups excluding carboxylic acids is 1. The zero-order valence-corrected chi connectivity index (χ0v) is 15.1. The van der Waals surface area contributed by atoms with Crippen molar-refractivity contribution in [3.63, 3.8) is 0 Å². The molecule has 1 aliphatic heterocycles. The molecular weight excluding hydrogens is 310 g/mol. The molecule has 0 spiro atoms. The van der Waals surface area contributed by atoms with Crippen LogP contribution in [0.5, 0.6) is 0 Å². The summed E-state index contributed by atoms with van der Waals surface area (Å²) in [5.41, 5.74) is 9.49. The Hall–Kier alpha value is -1.10. The number of nitrogens with one attached hydrogen (secondary N) is 1. The summed E-state index contributed by atoms with van der Waals surface area (Å²) in [6, 6.07) is 7.09. The molecule has 3 N–H and O–H groups in total. The average Bonchev–Trinajstić information content (AvgIpc) is 2.50. The van der Waals surface area contributed by atoms with Crippen LogP contribution in [0.4, 0.5) is 0 Å². The molecule has 23 heavy (non-hydrogen) atoms. The van der Waals surface area contributed by atoms with Crippen LogP contribution in [-0.2, 0) is 11.3 Å². The van der Waals surface area contributed by atoms with E-state index >= 15 is 0 Å². The first-order valence-electron chi connectivity index (χ1n) is 8.37. The molecule has 1 unspecified atom stereocenters. The van der Waals surface area contributed by atoms with Crippen LogP contribution in [0.15, 0.2) is 18.2 Å². The van der Waals surface area contributed by atoms with Crippen LogP contribution in [0.25, 0.3) is 0 Å². The van der Waals surface area contributed by atoms with E-state index in [1.54, 1.807) is 0 Å². The van der Waals surface area contributed by atoms with Crippen molar-refractivity contribution >= 4 is 18.3 Å². The van der Waals surface area contributed by atoms with Crippen molar-refractivity contribution in [2.75, 3.05) is 19.6 Å². The summed E-state index contributed by atoms with van der Waals surface area (Å²) < 4.78 is 0. The standard InChI is InChI=1S/C18H29N3O.ClH/c1-14-6-7-15(2)16(11-14)13-21-10-4-3-5-17(21)12-20-18(22)8-9-19;/h6-7,11,17H,3-5,8-10,12-13,19H2,1-2H3,(H,20,22);1H. The Labute approximate surface area is 146 Å². The SMILES string of the molecule is Cc1ccc(C)c(CN2CCCCC2CNC(=O)CCN)c1.Cl. The minimum absolute atomic E-state index is 0. The highest BCUT2D eigenvalue weighted by Gasteiger charge is 2.23. The Balaban J connectivity index is 0.00000264. The van der Waals surface area contributed by atoms with E-state index in [0.29, 0.717) is 19.0 Å². The van der Waals surface area contributed by atoms with Crippen molar-refractivity contribution in [1.82, 2.24) is 10.2 Å². The first kappa shape index (κ1) is 19.9. The normalized spacial score (nSPS) is 18.3. The van der Waals surface area contributed by atoms with Gasteiger partial charge in [-0.05, 0) is 44.4 Å². The topological polar surface area (TPSA) is 58.4 Å². The molecule has 4 nitrogen and oxygen atoms in total. The molecule has 2 rings (SSSR count). The zero-order chi connectivity index (χ0) is 15.9. The van der Waals surface area contributed by atoms with E-state index in [2.05, 4.69) is 42.3 Å². The molecule has 1 amide bonds. The summed E-state index contributed by atoms with van der Waals surface area (Å²) in [5.74, 6) is 0.0692. The van der Waals surface area contributed by atoms with Gasteiger partial charge in [0.25, 0.3) is 0 Å². The van der Waals surface area contributed by atoms with Gasteiger partial charge in [-0.15, -0.1) is 12.4 Å². The fraction of sp³-hybridized carbons (Fsp3) is 0.611. The summed E-state index contributed by atoms with van der Waals surface area (Å²) >= 11 is 0. The lowest BCUT2D eigenvalue weighted by molar-refractivity contribution is -0.121. The predicted molar refractivity (Wildman–Crippen MR) is 97.9 cm³/mol. The van der Waals surface area contributed by atoms with Gasteiger partial charge in [0, 0.05) is 32.1 Å². The van der Waals surface area contributed by atoms with E-state index in [4.69, 9.17) is 5.73 Å². The molecule has 0 aliphatic carbocycles. The number of amides is 1. The molecular formula is C18H30ClN3O. The van der Waals surface area contributed by atoms with E-state index in [9.17, 15) is 4.79 Å². The Morgan fingerprint density at radius 3 is 2.87 bits per heavy atom. The smallest absolute Gasteiger partial charge is 0.221 e. The maximum absolute atomic E-state index is 11.6. The lowest BCUT2D eigenvalue weighted by Crippen LogP contribution is -2.46. The quantitative estimate of drug-likeness (QED) is 0.837. The third-order valence-electron chi connectivity index (χ3n) is 4.53. The second-order valence-electron chi connectivity index (χ2n) is 6.39. The van der Waals surface area contributed by atoms with Gasteiger partial charge in [0.15, 0.2) is 0 Å². The largest absolute Gasteiger partial charge is 0.354 e. The average molecular weight is 340 g/mol. The minimum Gasteiger partial charge on any atom is -0.354 e. The van der Waals surface area contributed by atoms with Gasteiger partial charge < -0.3 is 11.1 Å². The Morgan fingerprint density at radius 2 is 2.13 bits per heavy atom. The lowest BCUT2D eigenvalue weighted by Gasteiger charge is -2.36. The van der Waals surface area contributed by atoms with Gasteiger partial charge in [-0.3, -0.25) is 9.69 Å². The van der Waals surface area contributed by atoms with Crippen LogP contribution >= 0.6 is 12.4 Å². The summed E-state index contributed by atoms with van der Waals surface area (Å²) in [5, 5.41) is 3.03. The van der Waals surface area contributed by atoms with Crippen LogP contribution in [0, 0.1) is 13.8 Å². The number of nitrogens with zero attached hydrogens (tertiary/aromatic N) is 1. The van der Waals surface area contributed by atoms with E-state index in [0.717, 1.165) is 26.1 Å². The number of carbonyl (C=O) groups is 1. The van der Waals surface area contributed by atoms with E-state index < -0.39 is 0 Å². The fourth-order valence-corrected chi connectivity index (χ4v) is 3.14. The number of aryl methyl sites for hydroxylation is 2. The van der Waals surface area contributed by atoms with Gasteiger partial charge in [0.05, 0.1) is 0 Å². The van der Waals surface area contributed by atoms with Gasteiger partial charge in [-0.2, -0.15) is 0 Å². The lowest BCUT2D eigenvalue weighted by atomic mass is 9.99. The molecule has 0 bridgehead atoms. The second kappa shape index (κ2) is 9.91. The molecule has 1 aliphatic rings. The molecule has 5 heteroatoms. The number of halogens is 1. The van der Waals surface area contributed by atoms with Crippen molar-refractivity contribution in [3.05, 3.63) is 34.9 Å². The van der Waals surface area contributed by atoms with Crippen LogP contribution < -0.4 is 11.1 Å². The van der Waals surface area contributed by atoms with Crippen LogP contribution in [0.1, 0.15) is 42.4 Å². The Kier molecular flexibility index (Phi) is 8.59. The van der Waals surface area contributed by atoms with Gasteiger partial charge in [0.1, 0.15) is 0 Å². The third-order valence-corrected chi connectivity index (χ3v) is 4.53. The monoisotopic (exact) mass is 339 g/mol. The van der Waals surface area contributed by atoms with E-state index in [1.807, 2.05) is 0 Å². The summed E-state index contributed by atoms with van der Waals surface area (Å²) in [4.78, 5) is 14.2. The van der Waals surface area contributed by atoms with Crippen LogP contribution in [-0.4, -0.2) is 36.5 Å². The van der Waals surface area contributed by atoms with Gasteiger partial charge >= 0.3 is 0 Å². The molecule has 1 saturated heterocycles. The van der Waals surface area contributed by atoms with Crippen LogP contribution in [0.3, 0.4) is 0 Å². The highest BCUT2D eigenvalue weighted by Crippen LogP contribution is 2.21. The third kappa shape index (κ3) is 6.13. The number of hydrogen-bond acceptors (Lipinski definition) is 3. The van der Waals surface area contributed by atoms with Crippen molar-refractivity contribution in [2.45, 2.75) is 52.1 Å². The molecule has 1 heterocycles. The molecule has 130 valence electrons. The van der Waals surface area contributed by atoms with Crippen molar-refractivity contribution in [1.29, 1.82) is 0 Å². The second-order valence-corrected chi connectivity index (χ2v) is 6.39. The van der Waals surface area contributed by atoms with Crippen LogP contribution in [0.2, 0.25) is 0 Å². The number of piperidine rings is 1. The predicted octanol–water partition coefficient (Wildman–Crippen LogP) is 2.54. The van der Waals surface area contributed by atoms with Gasteiger partial charge in [-0.25, -0.2) is 0 Å². The molecule has 0 radical (unpaired) electrons. The van der Waals surface area contributed by atoms with Gasteiger partial charge in [-0.1, -0.05) is 30.2 Å². The van der Waals surface area contributed by atoms with E-state index in [1.165, 1.54) is 29.5 Å². The fourth-order valence-electron chi connectivity index (χ4n) is 3.14. The molecule has 0 aromatic heterocycles. The summed E-state index contributed by atoms with van der Waals surface area (Å²) in [6.07, 6.45) is 4.08. The molecule has 1 aromatic rings. The number of likely N-dealkylation sites (tertiary alicyclic amines) is 1.